The number of hydrogen-bond donors (Lipinski definition) is 2. The molecule has 4 rings (SSSR count). The van der Waals surface area contributed by atoms with E-state index in [9.17, 15) is 14.9 Å². The van der Waals surface area contributed by atoms with Crippen LogP contribution in [0.5, 0.6) is 0 Å². The minimum absolute atomic E-state index is 0.0235. The number of nitro benzene ring substituents is 1. The van der Waals surface area contributed by atoms with Gasteiger partial charge in [0.1, 0.15) is 0 Å². The van der Waals surface area contributed by atoms with Crippen LogP contribution in [0.4, 0.5) is 5.69 Å². The van der Waals surface area contributed by atoms with Crippen molar-refractivity contribution in [1.29, 1.82) is 0 Å². The van der Waals surface area contributed by atoms with E-state index in [2.05, 4.69) is 46.4 Å². The molecule has 2 aromatic carbocycles. The third-order valence-corrected chi connectivity index (χ3v) is 5.77. The zero-order valence-electron chi connectivity index (χ0n) is 16.4. The van der Waals surface area contributed by atoms with Gasteiger partial charge in [0.15, 0.2) is 0 Å². The molecule has 2 heterocycles. The first kappa shape index (κ1) is 19.1. The van der Waals surface area contributed by atoms with E-state index in [0.29, 0.717) is 23.0 Å². The van der Waals surface area contributed by atoms with Crippen LogP contribution in [-0.4, -0.2) is 39.8 Å². The smallest absolute Gasteiger partial charge is 0.270 e. The lowest BCUT2D eigenvalue weighted by atomic mass is 9.98. The molecule has 0 fully saturated rings. The monoisotopic (exact) mass is 392 g/mol. The largest absolute Gasteiger partial charge is 0.360 e. The van der Waals surface area contributed by atoms with E-state index in [-0.39, 0.29) is 17.6 Å². The van der Waals surface area contributed by atoms with Crippen molar-refractivity contribution in [2.24, 2.45) is 0 Å². The number of aromatic amines is 1. The Morgan fingerprint density at radius 3 is 2.83 bits per heavy atom. The number of nitro groups is 1. The number of aromatic nitrogens is 1. The molecule has 1 unspecified atom stereocenters. The zero-order valence-corrected chi connectivity index (χ0v) is 16.4. The molecule has 0 bridgehead atoms. The molecule has 1 amide bonds. The van der Waals surface area contributed by atoms with Crippen molar-refractivity contribution >= 4 is 22.5 Å². The molecule has 0 radical (unpaired) electrons. The highest BCUT2D eigenvalue weighted by atomic mass is 16.6. The maximum absolute atomic E-state index is 12.8. The molecular weight excluding hydrogens is 368 g/mol. The van der Waals surface area contributed by atoms with E-state index in [1.54, 1.807) is 12.3 Å². The summed E-state index contributed by atoms with van der Waals surface area (Å²) in [5, 5.41) is 14.6. The lowest BCUT2D eigenvalue weighted by Gasteiger charge is -2.35. The zero-order chi connectivity index (χ0) is 20.4. The quantitative estimate of drug-likeness (QED) is 0.495. The van der Waals surface area contributed by atoms with Gasteiger partial charge >= 0.3 is 0 Å². The first-order valence-corrected chi connectivity index (χ1v) is 9.91. The van der Waals surface area contributed by atoms with Crippen LogP contribution in [0.15, 0.2) is 48.7 Å². The van der Waals surface area contributed by atoms with Crippen molar-refractivity contribution in [2.45, 2.75) is 32.4 Å². The highest BCUT2D eigenvalue weighted by molar-refractivity contribution is 6.07. The van der Waals surface area contributed by atoms with E-state index in [1.165, 1.54) is 23.3 Å². The number of fused-ring (bicyclic) bond motifs is 2. The number of carbonyl (C=O) groups is 1. The maximum Gasteiger partial charge on any atom is 0.270 e. The summed E-state index contributed by atoms with van der Waals surface area (Å²) in [7, 11) is 0. The molecule has 29 heavy (non-hydrogen) atoms. The Bertz CT molecular complexity index is 1060. The van der Waals surface area contributed by atoms with Gasteiger partial charge < -0.3 is 10.3 Å². The standard InChI is InChI=1S/C22H24N4O3/c1-2-17(25-10-9-15-5-3-4-6-16(15)14-25)12-24-22(27)20-13-23-21-8-7-18(26(28)29)11-19(20)21/h3-8,11,13,17,23H,2,9-10,12,14H2,1H3,(H,24,27). The number of hydrogen-bond acceptors (Lipinski definition) is 4. The molecule has 150 valence electrons. The minimum atomic E-state index is -0.449. The second kappa shape index (κ2) is 8.05. The second-order valence-corrected chi connectivity index (χ2v) is 7.45. The van der Waals surface area contributed by atoms with Crippen LogP contribution in [-0.2, 0) is 13.0 Å². The van der Waals surface area contributed by atoms with Gasteiger partial charge in [-0.25, -0.2) is 0 Å². The highest BCUT2D eigenvalue weighted by Gasteiger charge is 2.23. The normalized spacial score (nSPS) is 15.1. The molecule has 1 aliphatic rings. The summed E-state index contributed by atoms with van der Waals surface area (Å²) in [5.41, 5.74) is 3.88. The van der Waals surface area contributed by atoms with Crippen LogP contribution in [0, 0.1) is 10.1 Å². The molecule has 3 aromatic rings. The van der Waals surface area contributed by atoms with E-state index in [1.807, 2.05) is 0 Å². The summed E-state index contributed by atoms with van der Waals surface area (Å²) >= 11 is 0. The van der Waals surface area contributed by atoms with Crippen LogP contribution in [0.1, 0.15) is 34.8 Å². The average Bonchev–Trinajstić information content (AvgIpc) is 3.17. The number of rotatable bonds is 6. The first-order valence-electron chi connectivity index (χ1n) is 9.91. The summed E-state index contributed by atoms with van der Waals surface area (Å²) in [4.78, 5) is 28.8. The van der Waals surface area contributed by atoms with Crippen molar-refractivity contribution in [2.75, 3.05) is 13.1 Å². The first-order chi connectivity index (χ1) is 14.1. The SMILES string of the molecule is CCC(CNC(=O)c1c[nH]c2ccc([N+](=O)[O-])cc12)N1CCc2ccccc2C1. The lowest BCUT2D eigenvalue weighted by molar-refractivity contribution is -0.384. The Balaban J connectivity index is 1.45. The Labute approximate surface area is 168 Å². The van der Waals surface area contributed by atoms with Crippen molar-refractivity contribution < 1.29 is 9.72 Å². The number of H-pyrrole nitrogens is 1. The fourth-order valence-corrected chi connectivity index (χ4v) is 4.08. The molecule has 2 N–H and O–H groups in total. The van der Waals surface area contributed by atoms with Gasteiger partial charge in [-0.3, -0.25) is 19.8 Å². The predicted molar refractivity (Wildman–Crippen MR) is 112 cm³/mol. The van der Waals surface area contributed by atoms with Gasteiger partial charge in [-0.05, 0) is 30.0 Å². The molecule has 7 nitrogen and oxygen atoms in total. The molecular formula is C22H24N4O3. The summed E-state index contributed by atoms with van der Waals surface area (Å²) in [6.07, 6.45) is 3.57. The minimum Gasteiger partial charge on any atom is -0.360 e. The fraction of sp³-hybridized carbons (Fsp3) is 0.318. The Hall–Kier alpha value is -3.19. The Kier molecular flexibility index (Phi) is 5.31. The molecule has 1 atom stereocenters. The van der Waals surface area contributed by atoms with Gasteiger partial charge in [0, 0.05) is 54.9 Å². The number of nitrogens with one attached hydrogen (secondary N) is 2. The topological polar surface area (TPSA) is 91.3 Å². The van der Waals surface area contributed by atoms with Crippen LogP contribution < -0.4 is 5.32 Å². The molecule has 0 saturated carbocycles. The average molecular weight is 392 g/mol. The summed E-state index contributed by atoms with van der Waals surface area (Å²) in [6, 6.07) is 13.3. The van der Waals surface area contributed by atoms with Crippen molar-refractivity contribution in [3.8, 4) is 0 Å². The van der Waals surface area contributed by atoms with Gasteiger partial charge in [-0.15, -0.1) is 0 Å². The fourth-order valence-electron chi connectivity index (χ4n) is 4.08. The molecule has 0 spiro atoms. The van der Waals surface area contributed by atoms with E-state index >= 15 is 0 Å². The summed E-state index contributed by atoms with van der Waals surface area (Å²) in [6.45, 7) is 4.54. The van der Waals surface area contributed by atoms with Crippen LogP contribution in [0.2, 0.25) is 0 Å². The molecule has 0 aliphatic carbocycles. The predicted octanol–water partition coefficient (Wildman–Crippen LogP) is 3.64. The van der Waals surface area contributed by atoms with Gasteiger partial charge in [0.05, 0.1) is 10.5 Å². The van der Waals surface area contributed by atoms with Gasteiger partial charge in [0.2, 0.25) is 0 Å². The third-order valence-electron chi connectivity index (χ3n) is 5.77. The Morgan fingerprint density at radius 1 is 1.28 bits per heavy atom. The number of benzene rings is 2. The molecule has 7 heteroatoms. The van der Waals surface area contributed by atoms with Gasteiger partial charge in [0.25, 0.3) is 11.6 Å². The van der Waals surface area contributed by atoms with Crippen molar-refractivity contribution in [3.63, 3.8) is 0 Å². The summed E-state index contributed by atoms with van der Waals surface area (Å²) < 4.78 is 0. The Morgan fingerprint density at radius 2 is 2.07 bits per heavy atom. The molecule has 1 aromatic heterocycles. The van der Waals surface area contributed by atoms with Gasteiger partial charge in [-0.2, -0.15) is 0 Å². The summed E-state index contributed by atoms with van der Waals surface area (Å²) in [5.74, 6) is -0.215. The maximum atomic E-state index is 12.8. The lowest BCUT2D eigenvalue weighted by Crippen LogP contribution is -2.45. The van der Waals surface area contributed by atoms with Gasteiger partial charge in [-0.1, -0.05) is 31.2 Å². The van der Waals surface area contributed by atoms with Crippen LogP contribution >= 0.6 is 0 Å². The van der Waals surface area contributed by atoms with Crippen molar-refractivity contribution in [3.05, 3.63) is 75.5 Å². The number of carbonyl (C=O) groups excluding carboxylic acids is 1. The number of nitrogens with zero attached hydrogens (tertiary/aromatic N) is 2. The second-order valence-electron chi connectivity index (χ2n) is 7.45. The molecule has 0 saturated heterocycles. The van der Waals surface area contributed by atoms with Crippen LogP contribution in [0.3, 0.4) is 0 Å². The third kappa shape index (κ3) is 3.86. The number of amides is 1. The van der Waals surface area contributed by atoms with E-state index in [4.69, 9.17) is 0 Å². The van der Waals surface area contributed by atoms with Crippen molar-refractivity contribution in [1.82, 2.24) is 15.2 Å². The number of non-ortho nitro benzene ring substituents is 1. The van der Waals surface area contributed by atoms with Crippen LogP contribution in [0.25, 0.3) is 10.9 Å². The molecule has 1 aliphatic heterocycles. The van der Waals surface area contributed by atoms with E-state index in [0.717, 1.165) is 25.9 Å². The highest BCUT2D eigenvalue weighted by Crippen LogP contribution is 2.24. The van der Waals surface area contributed by atoms with E-state index < -0.39 is 4.92 Å².